The summed E-state index contributed by atoms with van der Waals surface area (Å²) in [6.07, 6.45) is 5.44. The van der Waals surface area contributed by atoms with Crippen molar-refractivity contribution in [3.63, 3.8) is 0 Å². The van der Waals surface area contributed by atoms with Crippen LogP contribution in [-0.4, -0.2) is 42.4 Å². The van der Waals surface area contributed by atoms with Crippen LogP contribution < -0.4 is 10.6 Å². The van der Waals surface area contributed by atoms with E-state index < -0.39 is 5.82 Å². The Morgan fingerprint density at radius 2 is 1.92 bits per heavy atom. The molecule has 0 spiro atoms. The topological polar surface area (TPSA) is 61.4 Å². The SMILES string of the molecule is Cl.O=C1CCc2cc(C(=O)N3CCC(NCC4CC4)CC3)c(F)cc2N1. The van der Waals surface area contributed by atoms with Crippen LogP contribution >= 0.6 is 12.4 Å². The number of halogens is 2. The summed E-state index contributed by atoms with van der Waals surface area (Å²) >= 11 is 0. The van der Waals surface area contributed by atoms with Gasteiger partial charge in [0.05, 0.1) is 5.56 Å². The predicted molar refractivity (Wildman–Crippen MR) is 100 cm³/mol. The van der Waals surface area contributed by atoms with E-state index in [0.29, 0.717) is 37.7 Å². The van der Waals surface area contributed by atoms with E-state index in [1.165, 1.54) is 18.9 Å². The molecule has 26 heavy (non-hydrogen) atoms. The highest BCUT2D eigenvalue weighted by atomic mass is 35.5. The van der Waals surface area contributed by atoms with Gasteiger partial charge in [0.15, 0.2) is 0 Å². The standard InChI is InChI=1S/C19H24FN3O2.ClH/c20-16-10-17-13(3-4-18(24)22-17)9-15(16)19(25)23-7-5-14(6-8-23)21-11-12-1-2-12;/h9-10,12,14,21H,1-8,11H2,(H,22,24);1H. The number of nitrogens with zero attached hydrogens (tertiary/aromatic N) is 1. The number of likely N-dealkylation sites (tertiary alicyclic amines) is 1. The van der Waals surface area contributed by atoms with Crippen molar-refractivity contribution in [3.8, 4) is 0 Å². The summed E-state index contributed by atoms with van der Waals surface area (Å²) in [6.45, 7) is 2.41. The number of piperidine rings is 1. The fourth-order valence-corrected chi connectivity index (χ4v) is 3.68. The number of rotatable bonds is 4. The van der Waals surface area contributed by atoms with Crippen molar-refractivity contribution in [3.05, 3.63) is 29.1 Å². The van der Waals surface area contributed by atoms with Crippen LogP contribution in [0.2, 0.25) is 0 Å². The predicted octanol–water partition coefficient (Wildman–Crippen LogP) is 2.74. The number of carbonyl (C=O) groups excluding carboxylic acids is 2. The van der Waals surface area contributed by atoms with Gasteiger partial charge in [0, 0.05) is 31.2 Å². The monoisotopic (exact) mass is 381 g/mol. The maximum Gasteiger partial charge on any atom is 0.256 e. The van der Waals surface area contributed by atoms with Crippen LogP contribution in [0.1, 0.15) is 48.0 Å². The van der Waals surface area contributed by atoms with E-state index in [-0.39, 0.29) is 29.8 Å². The lowest BCUT2D eigenvalue weighted by atomic mass is 9.98. The van der Waals surface area contributed by atoms with Crippen LogP contribution in [0, 0.1) is 11.7 Å². The molecule has 1 saturated carbocycles. The lowest BCUT2D eigenvalue weighted by Crippen LogP contribution is -2.45. The van der Waals surface area contributed by atoms with Gasteiger partial charge >= 0.3 is 0 Å². The molecule has 7 heteroatoms. The minimum atomic E-state index is -0.556. The molecule has 2 N–H and O–H groups in total. The van der Waals surface area contributed by atoms with Crippen molar-refractivity contribution >= 4 is 29.9 Å². The molecule has 4 rings (SSSR count). The van der Waals surface area contributed by atoms with Crippen molar-refractivity contribution in [1.29, 1.82) is 0 Å². The molecule has 1 saturated heterocycles. The van der Waals surface area contributed by atoms with Gasteiger partial charge in [0.25, 0.3) is 5.91 Å². The Hall–Kier alpha value is -1.66. The molecule has 0 bridgehead atoms. The largest absolute Gasteiger partial charge is 0.338 e. The maximum absolute atomic E-state index is 14.4. The minimum Gasteiger partial charge on any atom is -0.338 e. The third-order valence-electron chi connectivity index (χ3n) is 5.49. The average Bonchev–Trinajstić information content (AvgIpc) is 3.43. The quantitative estimate of drug-likeness (QED) is 0.843. The summed E-state index contributed by atoms with van der Waals surface area (Å²) in [6, 6.07) is 3.36. The third-order valence-corrected chi connectivity index (χ3v) is 5.49. The summed E-state index contributed by atoms with van der Waals surface area (Å²) in [5.74, 6) is -0.0470. The summed E-state index contributed by atoms with van der Waals surface area (Å²) < 4.78 is 14.4. The maximum atomic E-state index is 14.4. The third kappa shape index (κ3) is 4.18. The zero-order chi connectivity index (χ0) is 17.4. The zero-order valence-corrected chi connectivity index (χ0v) is 15.5. The molecule has 2 amide bonds. The highest BCUT2D eigenvalue weighted by molar-refractivity contribution is 5.98. The summed E-state index contributed by atoms with van der Waals surface area (Å²) in [4.78, 5) is 25.9. The molecule has 1 aliphatic carbocycles. The lowest BCUT2D eigenvalue weighted by molar-refractivity contribution is -0.116. The molecule has 1 aromatic rings. The Morgan fingerprint density at radius 3 is 2.62 bits per heavy atom. The van der Waals surface area contributed by atoms with E-state index >= 15 is 0 Å². The first-order chi connectivity index (χ1) is 12.1. The van der Waals surface area contributed by atoms with Gasteiger partial charge in [-0.1, -0.05) is 0 Å². The van der Waals surface area contributed by atoms with Gasteiger partial charge in [-0.2, -0.15) is 0 Å². The highest BCUT2D eigenvalue weighted by Crippen LogP contribution is 2.29. The molecular weight excluding hydrogens is 357 g/mol. The number of nitrogens with one attached hydrogen (secondary N) is 2. The van der Waals surface area contributed by atoms with E-state index in [1.807, 2.05) is 0 Å². The molecule has 0 unspecified atom stereocenters. The average molecular weight is 382 g/mol. The van der Waals surface area contributed by atoms with Crippen molar-refractivity contribution in [2.75, 3.05) is 25.0 Å². The number of carbonyl (C=O) groups is 2. The number of amides is 2. The van der Waals surface area contributed by atoms with E-state index in [9.17, 15) is 14.0 Å². The molecule has 0 atom stereocenters. The van der Waals surface area contributed by atoms with Crippen molar-refractivity contribution in [1.82, 2.24) is 10.2 Å². The molecule has 2 heterocycles. The molecule has 2 aliphatic heterocycles. The van der Waals surface area contributed by atoms with Crippen LogP contribution in [0.15, 0.2) is 12.1 Å². The summed E-state index contributed by atoms with van der Waals surface area (Å²) in [7, 11) is 0. The van der Waals surface area contributed by atoms with E-state index in [1.54, 1.807) is 11.0 Å². The number of hydrogen-bond acceptors (Lipinski definition) is 3. The summed E-state index contributed by atoms with van der Waals surface area (Å²) in [5.41, 5.74) is 1.46. The Labute approximate surface area is 159 Å². The minimum absolute atomic E-state index is 0. The molecule has 142 valence electrons. The Balaban J connectivity index is 0.00000196. The number of hydrogen-bond donors (Lipinski definition) is 2. The highest BCUT2D eigenvalue weighted by Gasteiger charge is 2.28. The van der Waals surface area contributed by atoms with Gasteiger partial charge in [0.1, 0.15) is 5.82 Å². The van der Waals surface area contributed by atoms with Crippen molar-refractivity contribution in [2.45, 2.75) is 44.6 Å². The van der Waals surface area contributed by atoms with Gasteiger partial charge in [-0.25, -0.2) is 4.39 Å². The Kier molecular flexibility index (Phi) is 5.82. The molecule has 5 nitrogen and oxygen atoms in total. The summed E-state index contributed by atoms with van der Waals surface area (Å²) in [5, 5.41) is 6.26. The van der Waals surface area contributed by atoms with Crippen molar-refractivity contribution in [2.24, 2.45) is 5.92 Å². The number of benzene rings is 1. The molecule has 1 aromatic carbocycles. The molecule has 3 aliphatic rings. The Bertz CT molecular complexity index is 700. The van der Waals surface area contributed by atoms with Gasteiger partial charge in [-0.05, 0) is 62.3 Å². The van der Waals surface area contributed by atoms with Crippen LogP contribution in [0.4, 0.5) is 10.1 Å². The number of fused-ring (bicyclic) bond motifs is 1. The van der Waals surface area contributed by atoms with Gasteiger partial charge in [0.2, 0.25) is 5.91 Å². The van der Waals surface area contributed by atoms with Crippen molar-refractivity contribution < 1.29 is 14.0 Å². The molecule has 0 aromatic heterocycles. The van der Waals surface area contributed by atoms with Crippen LogP contribution in [-0.2, 0) is 11.2 Å². The fraction of sp³-hybridized carbons (Fsp3) is 0.579. The van der Waals surface area contributed by atoms with Crippen LogP contribution in [0.5, 0.6) is 0 Å². The van der Waals surface area contributed by atoms with Crippen LogP contribution in [0.3, 0.4) is 0 Å². The molecule has 0 radical (unpaired) electrons. The van der Waals surface area contributed by atoms with E-state index in [2.05, 4.69) is 10.6 Å². The first-order valence-electron chi connectivity index (χ1n) is 9.25. The Morgan fingerprint density at radius 1 is 1.19 bits per heavy atom. The van der Waals surface area contributed by atoms with E-state index in [4.69, 9.17) is 0 Å². The lowest BCUT2D eigenvalue weighted by Gasteiger charge is -2.33. The molecule has 2 fully saturated rings. The number of aryl methyl sites for hydroxylation is 1. The molecular formula is C19H25ClFN3O2. The normalized spacial score (nSPS) is 20.2. The smallest absolute Gasteiger partial charge is 0.256 e. The number of anilines is 1. The second kappa shape index (κ2) is 7.92. The van der Waals surface area contributed by atoms with Gasteiger partial charge in [-0.3, -0.25) is 9.59 Å². The first kappa shape index (κ1) is 19.1. The van der Waals surface area contributed by atoms with Gasteiger partial charge in [-0.15, -0.1) is 12.4 Å². The first-order valence-corrected chi connectivity index (χ1v) is 9.25. The fourth-order valence-electron chi connectivity index (χ4n) is 3.68. The zero-order valence-electron chi connectivity index (χ0n) is 14.7. The van der Waals surface area contributed by atoms with E-state index in [0.717, 1.165) is 30.9 Å². The second-order valence-electron chi connectivity index (χ2n) is 7.46. The second-order valence-corrected chi connectivity index (χ2v) is 7.46. The van der Waals surface area contributed by atoms with Crippen LogP contribution in [0.25, 0.3) is 0 Å². The van der Waals surface area contributed by atoms with Gasteiger partial charge < -0.3 is 15.5 Å².